The highest BCUT2D eigenvalue weighted by Crippen LogP contribution is 2.14. The van der Waals surface area contributed by atoms with E-state index < -0.39 is 5.97 Å². The molecule has 4 nitrogen and oxygen atoms in total. The number of nitrogens with zero attached hydrogens (tertiary/aromatic N) is 1. The average Bonchev–Trinajstić information content (AvgIpc) is 2.29. The van der Waals surface area contributed by atoms with Gasteiger partial charge in [-0.25, -0.2) is 0 Å². The first-order valence-corrected chi connectivity index (χ1v) is 4.53. The second kappa shape index (κ2) is 5.43. The number of ether oxygens (including phenoxy) is 1. The van der Waals surface area contributed by atoms with Crippen LogP contribution in [0, 0.1) is 23.2 Å². The maximum atomic E-state index is 10.8. The molecule has 0 fully saturated rings. The van der Waals surface area contributed by atoms with Crippen LogP contribution in [-0.2, 0) is 9.53 Å². The molecule has 0 saturated heterocycles. The van der Waals surface area contributed by atoms with Gasteiger partial charge < -0.3 is 10.5 Å². The summed E-state index contributed by atoms with van der Waals surface area (Å²) in [4.78, 5) is 10.8. The third-order valence-electron chi connectivity index (χ3n) is 1.89. The molecular weight excluding hydrogens is 204 g/mol. The van der Waals surface area contributed by atoms with Gasteiger partial charge in [-0.1, -0.05) is 17.9 Å². The average molecular weight is 214 g/mol. The molecule has 4 heteroatoms. The maximum absolute atomic E-state index is 10.8. The SMILES string of the molecule is COC(=O)CC#Cc1cccc(N)c1C#N. The number of benzene rings is 1. The largest absolute Gasteiger partial charge is 0.468 e. The molecule has 0 heterocycles. The molecule has 80 valence electrons. The van der Waals surface area contributed by atoms with Crippen LogP contribution in [0.3, 0.4) is 0 Å². The number of nitriles is 1. The van der Waals surface area contributed by atoms with Crippen molar-refractivity contribution in [2.24, 2.45) is 0 Å². The highest BCUT2D eigenvalue weighted by atomic mass is 16.5. The van der Waals surface area contributed by atoms with Crippen molar-refractivity contribution in [2.45, 2.75) is 6.42 Å². The summed E-state index contributed by atoms with van der Waals surface area (Å²) >= 11 is 0. The van der Waals surface area contributed by atoms with Crippen molar-refractivity contribution in [3.05, 3.63) is 29.3 Å². The van der Waals surface area contributed by atoms with Crippen molar-refractivity contribution < 1.29 is 9.53 Å². The summed E-state index contributed by atoms with van der Waals surface area (Å²) in [7, 11) is 1.30. The van der Waals surface area contributed by atoms with E-state index in [0.717, 1.165) is 0 Å². The van der Waals surface area contributed by atoms with Gasteiger partial charge in [-0.05, 0) is 12.1 Å². The van der Waals surface area contributed by atoms with Gasteiger partial charge >= 0.3 is 5.97 Å². The number of hydrogen-bond donors (Lipinski definition) is 1. The molecule has 0 aliphatic heterocycles. The third kappa shape index (κ3) is 2.76. The van der Waals surface area contributed by atoms with E-state index in [2.05, 4.69) is 16.6 Å². The molecule has 16 heavy (non-hydrogen) atoms. The standard InChI is InChI=1S/C12H10N2O2/c1-16-12(15)7-3-5-9-4-2-6-11(14)10(9)8-13/h2,4,6H,7,14H2,1H3. The maximum Gasteiger partial charge on any atom is 0.317 e. The summed E-state index contributed by atoms with van der Waals surface area (Å²) in [5, 5.41) is 8.86. The van der Waals surface area contributed by atoms with Gasteiger partial charge in [0.25, 0.3) is 0 Å². The first-order valence-electron chi connectivity index (χ1n) is 4.53. The van der Waals surface area contributed by atoms with E-state index in [1.54, 1.807) is 18.2 Å². The number of methoxy groups -OCH3 is 1. The molecule has 0 atom stereocenters. The highest BCUT2D eigenvalue weighted by molar-refractivity contribution is 5.72. The molecule has 0 spiro atoms. The molecule has 0 saturated carbocycles. The molecule has 1 aromatic rings. The molecule has 1 aromatic carbocycles. The zero-order valence-corrected chi connectivity index (χ0v) is 8.78. The Morgan fingerprint density at radius 3 is 2.94 bits per heavy atom. The van der Waals surface area contributed by atoms with Gasteiger partial charge in [-0.2, -0.15) is 5.26 Å². The van der Waals surface area contributed by atoms with Gasteiger partial charge in [0.05, 0.1) is 18.4 Å². The Labute approximate surface area is 93.6 Å². The number of hydrogen-bond acceptors (Lipinski definition) is 4. The second-order valence-electron chi connectivity index (χ2n) is 2.94. The van der Waals surface area contributed by atoms with Crippen LogP contribution in [0.5, 0.6) is 0 Å². The van der Waals surface area contributed by atoms with Crippen molar-refractivity contribution in [2.75, 3.05) is 12.8 Å². The molecular formula is C12H10N2O2. The number of anilines is 1. The van der Waals surface area contributed by atoms with Crippen LogP contribution in [0.15, 0.2) is 18.2 Å². The van der Waals surface area contributed by atoms with Gasteiger partial charge in [0, 0.05) is 5.56 Å². The van der Waals surface area contributed by atoms with E-state index in [9.17, 15) is 4.79 Å². The quantitative estimate of drug-likeness (QED) is 0.430. The molecule has 0 aromatic heterocycles. The van der Waals surface area contributed by atoms with E-state index in [1.165, 1.54) is 7.11 Å². The monoisotopic (exact) mass is 214 g/mol. The van der Waals surface area contributed by atoms with Crippen molar-refractivity contribution in [3.63, 3.8) is 0 Å². The summed E-state index contributed by atoms with van der Waals surface area (Å²) in [6.07, 6.45) is -0.00380. The first-order chi connectivity index (χ1) is 7.69. The van der Waals surface area contributed by atoms with Crippen LogP contribution >= 0.6 is 0 Å². The van der Waals surface area contributed by atoms with E-state index in [1.807, 2.05) is 6.07 Å². The zero-order valence-electron chi connectivity index (χ0n) is 8.78. The fraction of sp³-hybridized carbons (Fsp3) is 0.167. The van der Waals surface area contributed by atoms with Crippen LogP contribution in [0.25, 0.3) is 0 Å². The minimum atomic E-state index is -0.407. The summed E-state index contributed by atoms with van der Waals surface area (Å²) in [6.45, 7) is 0. The number of esters is 1. The van der Waals surface area contributed by atoms with E-state index >= 15 is 0 Å². The lowest BCUT2D eigenvalue weighted by Crippen LogP contribution is -1.97. The highest BCUT2D eigenvalue weighted by Gasteiger charge is 2.02. The van der Waals surface area contributed by atoms with Gasteiger partial charge in [0.1, 0.15) is 12.5 Å². The molecule has 2 N–H and O–H groups in total. The first kappa shape index (κ1) is 11.6. The topological polar surface area (TPSA) is 76.1 Å². The number of nitrogen functional groups attached to an aromatic ring is 1. The van der Waals surface area contributed by atoms with Crippen LogP contribution in [-0.4, -0.2) is 13.1 Å². The second-order valence-corrected chi connectivity index (χ2v) is 2.94. The smallest absolute Gasteiger partial charge is 0.317 e. The van der Waals surface area contributed by atoms with Crippen LogP contribution < -0.4 is 5.73 Å². The van der Waals surface area contributed by atoms with E-state index in [0.29, 0.717) is 16.8 Å². The Morgan fingerprint density at radius 1 is 1.56 bits per heavy atom. The Kier molecular flexibility index (Phi) is 3.94. The fourth-order valence-corrected chi connectivity index (χ4v) is 1.08. The molecule has 1 rings (SSSR count). The van der Waals surface area contributed by atoms with Gasteiger partial charge in [0.2, 0.25) is 0 Å². The number of carbonyl (C=O) groups excluding carboxylic acids is 1. The number of nitrogens with two attached hydrogens (primary N) is 1. The normalized spacial score (nSPS) is 8.50. The Hall–Kier alpha value is -2.46. The fourth-order valence-electron chi connectivity index (χ4n) is 1.08. The molecule has 0 aliphatic carbocycles. The van der Waals surface area contributed by atoms with Gasteiger partial charge in [-0.15, -0.1) is 0 Å². The van der Waals surface area contributed by atoms with Gasteiger partial charge in [0.15, 0.2) is 0 Å². The van der Waals surface area contributed by atoms with Crippen LogP contribution in [0.4, 0.5) is 5.69 Å². The Morgan fingerprint density at radius 2 is 2.31 bits per heavy atom. The summed E-state index contributed by atoms with van der Waals surface area (Å²) in [5.74, 6) is 4.93. The van der Waals surface area contributed by atoms with Crippen molar-refractivity contribution in [1.29, 1.82) is 5.26 Å². The molecule has 0 amide bonds. The van der Waals surface area contributed by atoms with Crippen molar-refractivity contribution >= 4 is 11.7 Å². The van der Waals surface area contributed by atoms with E-state index in [4.69, 9.17) is 11.0 Å². The molecule has 0 radical (unpaired) electrons. The van der Waals surface area contributed by atoms with Crippen molar-refractivity contribution in [3.8, 4) is 17.9 Å². The molecule has 0 unspecified atom stereocenters. The van der Waals surface area contributed by atoms with Crippen molar-refractivity contribution in [1.82, 2.24) is 0 Å². The molecule has 0 aliphatic rings. The minimum absolute atomic E-state index is 0.00380. The van der Waals surface area contributed by atoms with Crippen LogP contribution in [0.1, 0.15) is 17.5 Å². The lowest BCUT2D eigenvalue weighted by molar-refractivity contribution is -0.139. The minimum Gasteiger partial charge on any atom is -0.468 e. The third-order valence-corrected chi connectivity index (χ3v) is 1.89. The Balaban J connectivity index is 2.94. The molecule has 0 bridgehead atoms. The van der Waals surface area contributed by atoms with E-state index in [-0.39, 0.29) is 6.42 Å². The lowest BCUT2D eigenvalue weighted by Gasteiger charge is -1.98. The zero-order chi connectivity index (χ0) is 12.0. The van der Waals surface area contributed by atoms with Crippen LogP contribution in [0.2, 0.25) is 0 Å². The summed E-state index contributed by atoms with van der Waals surface area (Å²) in [5.41, 5.74) is 6.84. The lowest BCUT2D eigenvalue weighted by atomic mass is 10.1. The predicted molar refractivity (Wildman–Crippen MR) is 59.1 cm³/mol. The Bertz CT molecular complexity index is 504. The van der Waals surface area contributed by atoms with Gasteiger partial charge in [-0.3, -0.25) is 4.79 Å². The summed E-state index contributed by atoms with van der Waals surface area (Å²) in [6, 6.07) is 6.99. The number of carbonyl (C=O) groups is 1. The number of rotatable bonds is 1. The predicted octanol–water partition coefficient (Wildman–Crippen LogP) is 1.06. The summed E-state index contributed by atoms with van der Waals surface area (Å²) < 4.78 is 4.44.